The second-order valence-corrected chi connectivity index (χ2v) is 5.65. The largest absolute Gasteiger partial charge is 0.303 e. The molecule has 0 aromatic rings. The first-order valence-corrected chi connectivity index (χ1v) is 7.48. The summed E-state index contributed by atoms with van der Waals surface area (Å²) in [5.74, 6) is 1.05. The highest BCUT2D eigenvalue weighted by Gasteiger charge is 2.22. The SMILES string of the molecule is CCCCCN(C)C1CCC(CCC)CC1. The van der Waals surface area contributed by atoms with E-state index in [0.29, 0.717) is 0 Å². The molecule has 0 unspecified atom stereocenters. The Morgan fingerprint density at radius 1 is 0.938 bits per heavy atom. The normalized spacial score (nSPS) is 26.2. The van der Waals surface area contributed by atoms with Gasteiger partial charge in [-0.1, -0.05) is 39.5 Å². The first-order valence-electron chi connectivity index (χ1n) is 7.48. The van der Waals surface area contributed by atoms with Crippen LogP contribution in [0.15, 0.2) is 0 Å². The Kier molecular flexibility index (Phi) is 7.11. The number of rotatable bonds is 7. The van der Waals surface area contributed by atoms with Crippen molar-refractivity contribution in [3.05, 3.63) is 0 Å². The Bertz CT molecular complexity index is 159. The summed E-state index contributed by atoms with van der Waals surface area (Å²) in [5, 5.41) is 0. The number of hydrogen-bond donors (Lipinski definition) is 0. The summed E-state index contributed by atoms with van der Waals surface area (Å²) in [6.07, 6.45) is 12.8. The van der Waals surface area contributed by atoms with Crippen LogP contribution in [0.3, 0.4) is 0 Å². The number of unbranched alkanes of at least 4 members (excludes halogenated alkanes) is 2. The van der Waals surface area contributed by atoms with Crippen molar-refractivity contribution >= 4 is 0 Å². The molecule has 0 heterocycles. The summed E-state index contributed by atoms with van der Waals surface area (Å²) in [6, 6.07) is 0.893. The van der Waals surface area contributed by atoms with Crippen LogP contribution in [0.1, 0.15) is 71.6 Å². The van der Waals surface area contributed by atoms with Crippen molar-refractivity contribution in [1.29, 1.82) is 0 Å². The third-order valence-corrected chi connectivity index (χ3v) is 4.25. The quantitative estimate of drug-likeness (QED) is 0.578. The first-order chi connectivity index (χ1) is 7.77. The first kappa shape index (κ1) is 14.0. The van der Waals surface area contributed by atoms with Crippen LogP contribution in [0, 0.1) is 5.92 Å². The molecule has 0 atom stereocenters. The molecule has 0 aliphatic heterocycles. The van der Waals surface area contributed by atoms with Gasteiger partial charge in [0, 0.05) is 6.04 Å². The van der Waals surface area contributed by atoms with Crippen LogP contribution in [0.25, 0.3) is 0 Å². The highest BCUT2D eigenvalue weighted by Crippen LogP contribution is 2.29. The van der Waals surface area contributed by atoms with Gasteiger partial charge in [0.25, 0.3) is 0 Å². The topological polar surface area (TPSA) is 3.24 Å². The molecule has 0 aromatic heterocycles. The van der Waals surface area contributed by atoms with E-state index < -0.39 is 0 Å². The second kappa shape index (κ2) is 8.11. The van der Waals surface area contributed by atoms with E-state index in [1.54, 1.807) is 0 Å². The third kappa shape index (κ3) is 4.86. The molecular weight excluding hydrogens is 194 g/mol. The van der Waals surface area contributed by atoms with Crippen molar-refractivity contribution in [2.75, 3.05) is 13.6 Å². The van der Waals surface area contributed by atoms with E-state index in [0.717, 1.165) is 12.0 Å². The molecule has 1 nitrogen and oxygen atoms in total. The second-order valence-electron chi connectivity index (χ2n) is 5.65. The van der Waals surface area contributed by atoms with Crippen molar-refractivity contribution in [3.8, 4) is 0 Å². The molecule has 0 N–H and O–H groups in total. The standard InChI is InChI=1S/C15H31N/c1-4-6-7-13-16(3)15-11-9-14(8-5-2)10-12-15/h14-15H,4-13H2,1-3H3. The predicted octanol–water partition coefficient (Wildman–Crippen LogP) is 4.47. The lowest BCUT2D eigenvalue weighted by molar-refractivity contribution is 0.159. The van der Waals surface area contributed by atoms with Gasteiger partial charge < -0.3 is 4.90 Å². The van der Waals surface area contributed by atoms with Crippen molar-refractivity contribution in [2.24, 2.45) is 5.92 Å². The van der Waals surface area contributed by atoms with Gasteiger partial charge in [-0.3, -0.25) is 0 Å². The average Bonchev–Trinajstić information content (AvgIpc) is 2.30. The third-order valence-electron chi connectivity index (χ3n) is 4.25. The highest BCUT2D eigenvalue weighted by molar-refractivity contribution is 4.78. The molecule has 1 saturated carbocycles. The van der Waals surface area contributed by atoms with E-state index in [2.05, 4.69) is 25.8 Å². The summed E-state index contributed by atoms with van der Waals surface area (Å²) in [5.41, 5.74) is 0. The Hall–Kier alpha value is -0.0400. The minimum absolute atomic E-state index is 0.893. The van der Waals surface area contributed by atoms with Gasteiger partial charge in [-0.05, 0) is 51.6 Å². The van der Waals surface area contributed by atoms with Crippen LogP contribution >= 0.6 is 0 Å². The molecule has 96 valence electrons. The van der Waals surface area contributed by atoms with Crippen LogP contribution in [0.2, 0.25) is 0 Å². The fraction of sp³-hybridized carbons (Fsp3) is 1.00. The van der Waals surface area contributed by atoms with E-state index in [1.165, 1.54) is 64.3 Å². The summed E-state index contributed by atoms with van der Waals surface area (Å²) < 4.78 is 0. The van der Waals surface area contributed by atoms with Crippen molar-refractivity contribution in [1.82, 2.24) is 4.90 Å². The van der Waals surface area contributed by atoms with Crippen LogP contribution < -0.4 is 0 Å². The maximum atomic E-state index is 2.62. The summed E-state index contributed by atoms with van der Waals surface area (Å²) in [4.78, 5) is 2.62. The van der Waals surface area contributed by atoms with Gasteiger partial charge in [0.15, 0.2) is 0 Å². The van der Waals surface area contributed by atoms with Crippen molar-refractivity contribution in [3.63, 3.8) is 0 Å². The molecule has 0 saturated heterocycles. The van der Waals surface area contributed by atoms with Gasteiger partial charge in [0.2, 0.25) is 0 Å². The fourth-order valence-electron chi connectivity index (χ4n) is 3.08. The molecule has 0 amide bonds. The van der Waals surface area contributed by atoms with E-state index in [-0.39, 0.29) is 0 Å². The van der Waals surface area contributed by atoms with E-state index in [9.17, 15) is 0 Å². The Labute approximate surface area is 103 Å². The lowest BCUT2D eigenvalue weighted by Gasteiger charge is -2.34. The molecule has 0 radical (unpaired) electrons. The zero-order valence-corrected chi connectivity index (χ0v) is 11.7. The van der Waals surface area contributed by atoms with Gasteiger partial charge in [-0.2, -0.15) is 0 Å². The molecule has 1 aliphatic carbocycles. The molecule has 0 aromatic carbocycles. The van der Waals surface area contributed by atoms with Gasteiger partial charge in [-0.15, -0.1) is 0 Å². The number of hydrogen-bond acceptors (Lipinski definition) is 1. The van der Waals surface area contributed by atoms with E-state index in [4.69, 9.17) is 0 Å². The van der Waals surface area contributed by atoms with Crippen LogP contribution in [-0.4, -0.2) is 24.5 Å². The number of nitrogens with zero attached hydrogens (tertiary/aromatic N) is 1. The maximum absolute atomic E-state index is 2.62. The Balaban J connectivity index is 2.14. The fourth-order valence-corrected chi connectivity index (χ4v) is 3.08. The van der Waals surface area contributed by atoms with Gasteiger partial charge >= 0.3 is 0 Å². The summed E-state index contributed by atoms with van der Waals surface area (Å²) in [6.45, 7) is 5.93. The van der Waals surface area contributed by atoms with Gasteiger partial charge in [0.1, 0.15) is 0 Å². The van der Waals surface area contributed by atoms with Crippen molar-refractivity contribution in [2.45, 2.75) is 77.7 Å². The molecule has 1 heteroatoms. The van der Waals surface area contributed by atoms with Crippen LogP contribution in [0.4, 0.5) is 0 Å². The zero-order valence-electron chi connectivity index (χ0n) is 11.7. The maximum Gasteiger partial charge on any atom is 0.00924 e. The smallest absolute Gasteiger partial charge is 0.00924 e. The Morgan fingerprint density at radius 3 is 2.19 bits per heavy atom. The lowest BCUT2D eigenvalue weighted by Crippen LogP contribution is -2.35. The van der Waals surface area contributed by atoms with Gasteiger partial charge in [-0.25, -0.2) is 0 Å². The Morgan fingerprint density at radius 2 is 1.62 bits per heavy atom. The van der Waals surface area contributed by atoms with Crippen LogP contribution in [-0.2, 0) is 0 Å². The molecule has 1 rings (SSSR count). The monoisotopic (exact) mass is 225 g/mol. The average molecular weight is 225 g/mol. The van der Waals surface area contributed by atoms with E-state index >= 15 is 0 Å². The van der Waals surface area contributed by atoms with E-state index in [1.807, 2.05) is 0 Å². The van der Waals surface area contributed by atoms with Crippen LogP contribution in [0.5, 0.6) is 0 Å². The minimum Gasteiger partial charge on any atom is -0.303 e. The predicted molar refractivity (Wildman–Crippen MR) is 72.8 cm³/mol. The molecule has 0 spiro atoms. The molecule has 1 fully saturated rings. The lowest BCUT2D eigenvalue weighted by atomic mass is 9.83. The minimum atomic E-state index is 0.893. The zero-order chi connectivity index (χ0) is 11.8. The summed E-state index contributed by atoms with van der Waals surface area (Å²) >= 11 is 0. The van der Waals surface area contributed by atoms with Crippen molar-refractivity contribution < 1.29 is 0 Å². The molecule has 0 bridgehead atoms. The molecule has 1 aliphatic rings. The highest BCUT2D eigenvalue weighted by atomic mass is 15.1. The summed E-state index contributed by atoms with van der Waals surface area (Å²) in [7, 11) is 2.33. The molecule has 16 heavy (non-hydrogen) atoms. The molecular formula is C15H31N. The van der Waals surface area contributed by atoms with Gasteiger partial charge in [0.05, 0.1) is 0 Å².